The van der Waals surface area contributed by atoms with Gasteiger partial charge in [-0.3, -0.25) is 4.79 Å². The Morgan fingerprint density at radius 3 is 2.25 bits per heavy atom. The fraction of sp³-hybridized carbons (Fsp3) is 0.688. The Morgan fingerprint density at radius 2 is 1.79 bits per heavy atom. The molecule has 24 heavy (non-hydrogen) atoms. The molecule has 0 aromatic carbocycles. The lowest BCUT2D eigenvalue weighted by Gasteiger charge is -2.24. The summed E-state index contributed by atoms with van der Waals surface area (Å²) >= 11 is 0. The van der Waals surface area contributed by atoms with Gasteiger partial charge < -0.3 is 9.80 Å². The van der Waals surface area contributed by atoms with Crippen LogP contribution in [0.5, 0.6) is 0 Å². The van der Waals surface area contributed by atoms with Gasteiger partial charge in [-0.25, -0.2) is 18.4 Å². The first kappa shape index (κ1) is 18.6. The third kappa shape index (κ3) is 4.43. The number of hydrogen-bond donors (Lipinski definition) is 0. The second kappa shape index (κ2) is 7.92. The van der Waals surface area contributed by atoms with E-state index in [9.17, 15) is 13.2 Å². The van der Waals surface area contributed by atoms with Crippen molar-refractivity contribution in [2.24, 2.45) is 0 Å². The summed E-state index contributed by atoms with van der Waals surface area (Å²) in [6, 6.07) is -0.103. The molecule has 2 rings (SSSR count). The van der Waals surface area contributed by atoms with Crippen molar-refractivity contribution in [3.05, 3.63) is 18.0 Å². The number of carbonyl (C=O) groups is 1. The summed E-state index contributed by atoms with van der Waals surface area (Å²) in [6.45, 7) is 5.52. The van der Waals surface area contributed by atoms with Gasteiger partial charge in [0.15, 0.2) is 9.84 Å². The van der Waals surface area contributed by atoms with Crippen LogP contribution in [0.1, 0.15) is 43.5 Å². The van der Waals surface area contributed by atoms with E-state index in [1.54, 1.807) is 11.9 Å². The summed E-state index contributed by atoms with van der Waals surface area (Å²) in [5.74, 6) is 0.734. The molecule has 0 radical (unpaired) electrons. The highest BCUT2D eigenvalue weighted by atomic mass is 32.2. The molecular formula is C16H26N4O3S. The van der Waals surface area contributed by atoms with E-state index in [0.717, 1.165) is 12.8 Å². The van der Waals surface area contributed by atoms with E-state index in [4.69, 9.17) is 0 Å². The lowest BCUT2D eigenvalue weighted by Crippen LogP contribution is -2.35. The number of rotatable bonds is 7. The Balaban J connectivity index is 2.08. The molecule has 1 aliphatic heterocycles. The maximum Gasteiger partial charge on any atom is 0.256 e. The van der Waals surface area contributed by atoms with Gasteiger partial charge in [-0.05, 0) is 19.3 Å². The van der Waals surface area contributed by atoms with Gasteiger partial charge in [0.2, 0.25) is 5.95 Å². The van der Waals surface area contributed by atoms with E-state index in [1.165, 1.54) is 12.4 Å². The number of amides is 1. The Morgan fingerprint density at radius 1 is 1.21 bits per heavy atom. The topological polar surface area (TPSA) is 83.5 Å². The van der Waals surface area contributed by atoms with E-state index in [-0.39, 0.29) is 23.5 Å². The van der Waals surface area contributed by atoms with Crippen LogP contribution in [0.2, 0.25) is 0 Å². The van der Waals surface area contributed by atoms with E-state index in [2.05, 4.69) is 9.97 Å². The summed E-state index contributed by atoms with van der Waals surface area (Å²) in [4.78, 5) is 24.6. The zero-order valence-corrected chi connectivity index (χ0v) is 15.4. The van der Waals surface area contributed by atoms with Crippen LogP contribution in [0.15, 0.2) is 12.4 Å². The highest BCUT2D eigenvalue weighted by Gasteiger charge is 2.31. The van der Waals surface area contributed by atoms with Gasteiger partial charge in [0.25, 0.3) is 5.91 Å². The van der Waals surface area contributed by atoms with Gasteiger partial charge >= 0.3 is 0 Å². The van der Waals surface area contributed by atoms with Crippen molar-refractivity contribution in [2.45, 2.75) is 39.2 Å². The van der Waals surface area contributed by atoms with Gasteiger partial charge in [0.1, 0.15) is 0 Å². The Bertz CT molecular complexity index is 654. The molecule has 1 aromatic heterocycles. The van der Waals surface area contributed by atoms with E-state index in [0.29, 0.717) is 31.0 Å². The molecule has 8 heteroatoms. The van der Waals surface area contributed by atoms with Gasteiger partial charge in [0, 0.05) is 38.6 Å². The van der Waals surface area contributed by atoms with Crippen molar-refractivity contribution in [1.29, 1.82) is 0 Å². The Hall–Kier alpha value is -1.70. The Kier molecular flexibility index (Phi) is 6.15. The summed E-state index contributed by atoms with van der Waals surface area (Å²) in [7, 11) is -1.16. The summed E-state index contributed by atoms with van der Waals surface area (Å²) in [5, 5.41) is 0. The molecule has 0 saturated carbocycles. The largest absolute Gasteiger partial charge is 0.340 e. The van der Waals surface area contributed by atoms with Crippen LogP contribution in [-0.4, -0.2) is 66.9 Å². The summed E-state index contributed by atoms with van der Waals surface area (Å²) < 4.78 is 23.2. The van der Waals surface area contributed by atoms with Gasteiger partial charge in [-0.15, -0.1) is 0 Å². The van der Waals surface area contributed by atoms with Crippen molar-refractivity contribution in [3.63, 3.8) is 0 Å². The third-order valence-corrected chi connectivity index (χ3v) is 5.98. The fourth-order valence-electron chi connectivity index (χ4n) is 2.90. The molecule has 1 fully saturated rings. The quantitative estimate of drug-likeness (QED) is 0.735. The molecule has 1 saturated heterocycles. The molecule has 0 bridgehead atoms. The van der Waals surface area contributed by atoms with Crippen molar-refractivity contribution < 1.29 is 13.2 Å². The number of sulfone groups is 1. The number of nitrogens with zero attached hydrogens (tertiary/aromatic N) is 4. The molecule has 2 heterocycles. The van der Waals surface area contributed by atoms with Crippen LogP contribution in [0.25, 0.3) is 0 Å². The zero-order valence-electron chi connectivity index (χ0n) is 14.6. The first-order valence-electron chi connectivity index (χ1n) is 8.42. The van der Waals surface area contributed by atoms with Crippen LogP contribution in [0.3, 0.4) is 0 Å². The molecule has 1 aliphatic rings. The van der Waals surface area contributed by atoms with Crippen LogP contribution >= 0.6 is 0 Å². The smallest absolute Gasteiger partial charge is 0.256 e. The molecule has 0 spiro atoms. The normalized spacial score (nSPS) is 19.2. The predicted molar refractivity (Wildman–Crippen MR) is 94.0 cm³/mol. The third-order valence-electron chi connectivity index (χ3n) is 4.23. The summed E-state index contributed by atoms with van der Waals surface area (Å²) in [5.41, 5.74) is 0.466. The van der Waals surface area contributed by atoms with Crippen LogP contribution in [0, 0.1) is 0 Å². The molecular weight excluding hydrogens is 328 g/mol. The molecule has 7 nitrogen and oxygen atoms in total. The van der Waals surface area contributed by atoms with E-state index in [1.807, 2.05) is 18.7 Å². The molecule has 1 aromatic rings. The van der Waals surface area contributed by atoms with Gasteiger partial charge in [0.05, 0.1) is 17.1 Å². The average Bonchev–Trinajstić information content (AvgIpc) is 2.93. The predicted octanol–water partition coefficient (Wildman–Crippen LogP) is 1.36. The maximum atomic E-state index is 12.5. The highest BCUT2D eigenvalue weighted by molar-refractivity contribution is 7.91. The molecule has 0 N–H and O–H groups in total. The van der Waals surface area contributed by atoms with Crippen molar-refractivity contribution in [1.82, 2.24) is 14.9 Å². The monoisotopic (exact) mass is 354 g/mol. The lowest BCUT2D eigenvalue weighted by molar-refractivity contribution is 0.0754. The molecule has 0 aliphatic carbocycles. The molecule has 1 amide bonds. The molecule has 1 unspecified atom stereocenters. The van der Waals surface area contributed by atoms with Gasteiger partial charge in [-0.1, -0.05) is 13.8 Å². The van der Waals surface area contributed by atoms with Crippen LogP contribution < -0.4 is 4.90 Å². The number of anilines is 1. The number of aromatic nitrogens is 2. The first-order chi connectivity index (χ1) is 11.4. The highest BCUT2D eigenvalue weighted by Crippen LogP contribution is 2.20. The first-order valence-corrected chi connectivity index (χ1v) is 10.2. The standard InChI is InChI=1S/C16H26N4O3S/c1-4-7-20(8-5-2)15(21)13-10-17-16(18-11-13)19(3)14-6-9-24(22,23)12-14/h10-11,14H,4-9,12H2,1-3H3. The minimum atomic E-state index is -2.95. The van der Waals surface area contributed by atoms with Crippen LogP contribution in [0.4, 0.5) is 5.95 Å². The van der Waals surface area contributed by atoms with Crippen molar-refractivity contribution >= 4 is 21.7 Å². The second-order valence-electron chi connectivity index (χ2n) is 6.23. The van der Waals surface area contributed by atoms with E-state index >= 15 is 0 Å². The second-order valence-corrected chi connectivity index (χ2v) is 8.46. The minimum absolute atomic E-state index is 0.0589. The van der Waals surface area contributed by atoms with Crippen LogP contribution in [-0.2, 0) is 9.84 Å². The van der Waals surface area contributed by atoms with Crippen molar-refractivity contribution in [2.75, 3.05) is 36.5 Å². The Labute approximate surface area is 144 Å². The minimum Gasteiger partial charge on any atom is -0.340 e. The van der Waals surface area contributed by atoms with E-state index < -0.39 is 9.84 Å². The maximum absolute atomic E-state index is 12.5. The molecule has 134 valence electrons. The van der Waals surface area contributed by atoms with Gasteiger partial charge in [-0.2, -0.15) is 0 Å². The molecule has 1 atom stereocenters. The average molecular weight is 354 g/mol. The lowest BCUT2D eigenvalue weighted by atomic mass is 10.2. The van der Waals surface area contributed by atoms with Crippen molar-refractivity contribution in [3.8, 4) is 0 Å². The number of hydrogen-bond acceptors (Lipinski definition) is 6. The summed E-state index contributed by atoms with van der Waals surface area (Å²) in [6.07, 6.45) is 5.46. The SMILES string of the molecule is CCCN(CCC)C(=O)c1cnc(N(C)C2CCS(=O)(=O)C2)nc1. The zero-order chi connectivity index (χ0) is 17.7. The fourth-order valence-corrected chi connectivity index (χ4v) is 4.67. The number of carbonyl (C=O) groups excluding carboxylic acids is 1.